The molecule has 2 unspecified atom stereocenters. The van der Waals surface area contributed by atoms with Gasteiger partial charge in [0.15, 0.2) is 0 Å². The number of nitrogens with one attached hydrogen (secondary N) is 1. The summed E-state index contributed by atoms with van der Waals surface area (Å²) in [5.74, 6) is 0. The fourth-order valence-corrected chi connectivity index (χ4v) is 2.27. The summed E-state index contributed by atoms with van der Waals surface area (Å²) < 4.78 is 5.80. The fourth-order valence-electron chi connectivity index (χ4n) is 2.27. The Labute approximate surface area is 130 Å². The normalized spacial score (nSPS) is 18.4. The zero-order valence-corrected chi connectivity index (χ0v) is 12.2. The monoisotopic (exact) mass is 293 g/mol. The minimum absolute atomic E-state index is 0.127. The summed E-state index contributed by atoms with van der Waals surface area (Å²) in [5.41, 5.74) is 9.18. The lowest BCUT2D eigenvalue weighted by molar-refractivity contribution is 0.0612. The van der Waals surface area contributed by atoms with Crippen LogP contribution in [0.1, 0.15) is 17.3 Å². The third kappa shape index (κ3) is 3.61. The summed E-state index contributed by atoms with van der Waals surface area (Å²) in [6, 6.07) is 15.7. The van der Waals surface area contributed by atoms with E-state index in [-0.39, 0.29) is 12.3 Å². The molecule has 1 aromatic heterocycles. The van der Waals surface area contributed by atoms with Crippen LogP contribution in [-0.4, -0.2) is 17.8 Å². The van der Waals surface area contributed by atoms with Gasteiger partial charge in [-0.25, -0.2) is 0 Å². The van der Waals surface area contributed by atoms with Gasteiger partial charge in [-0.1, -0.05) is 42.5 Å². The molecule has 1 aliphatic heterocycles. The quantitative estimate of drug-likeness (QED) is 0.889. The van der Waals surface area contributed by atoms with E-state index in [1.54, 1.807) is 6.20 Å². The second-order valence-electron chi connectivity index (χ2n) is 5.11. The molecule has 0 spiro atoms. The minimum Gasteiger partial charge on any atom is -0.362 e. The predicted molar refractivity (Wildman–Crippen MR) is 87.6 cm³/mol. The van der Waals surface area contributed by atoms with Crippen LogP contribution in [0, 0.1) is 0 Å². The van der Waals surface area contributed by atoms with E-state index in [4.69, 9.17) is 10.5 Å². The zero-order valence-electron chi connectivity index (χ0n) is 12.2. The van der Waals surface area contributed by atoms with Gasteiger partial charge in [0.05, 0.1) is 18.3 Å². The van der Waals surface area contributed by atoms with Gasteiger partial charge >= 0.3 is 0 Å². The van der Waals surface area contributed by atoms with Gasteiger partial charge in [0, 0.05) is 18.0 Å². The van der Waals surface area contributed by atoms with Crippen LogP contribution in [0.2, 0.25) is 0 Å². The Morgan fingerprint density at radius 2 is 1.95 bits per heavy atom. The van der Waals surface area contributed by atoms with E-state index >= 15 is 0 Å². The van der Waals surface area contributed by atoms with E-state index in [1.807, 2.05) is 66.9 Å². The third-order valence-corrected chi connectivity index (χ3v) is 3.50. The first-order chi connectivity index (χ1) is 10.8. The second-order valence-corrected chi connectivity index (χ2v) is 5.11. The number of benzene rings is 1. The summed E-state index contributed by atoms with van der Waals surface area (Å²) in [5, 5.41) is 3.21. The third-order valence-electron chi connectivity index (χ3n) is 3.50. The van der Waals surface area contributed by atoms with Crippen molar-refractivity contribution in [3.8, 4) is 0 Å². The number of ether oxygens (including phenoxy) is 1. The van der Waals surface area contributed by atoms with Gasteiger partial charge in [0.1, 0.15) is 6.23 Å². The number of nitrogens with two attached hydrogens (primary N) is 1. The first-order valence-electron chi connectivity index (χ1n) is 7.31. The molecule has 4 heteroatoms. The average molecular weight is 293 g/mol. The average Bonchev–Trinajstić information content (AvgIpc) is 2.61. The fraction of sp³-hybridized carbons (Fsp3) is 0.167. The van der Waals surface area contributed by atoms with Crippen LogP contribution in [0.15, 0.2) is 73.1 Å². The van der Waals surface area contributed by atoms with Crippen molar-refractivity contribution in [1.29, 1.82) is 0 Å². The number of pyridine rings is 1. The van der Waals surface area contributed by atoms with Crippen LogP contribution in [0.4, 0.5) is 0 Å². The summed E-state index contributed by atoms with van der Waals surface area (Å²) >= 11 is 0. The number of hydrogen-bond acceptors (Lipinski definition) is 4. The summed E-state index contributed by atoms with van der Waals surface area (Å²) in [4.78, 5) is 4.32. The van der Waals surface area contributed by atoms with Crippen LogP contribution in [-0.2, 0) is 4.74 Å². The topological polar surface area (TPSA) is 60.2 Å². The van der Waals surface area contributed by atoms with Crippen molar-refractivity contribution in [2.75, 3.05) is 6.61 Å². The van der Waals surface area contributed by atoms with Crippen LogP contribution >= 0.6 is 0 Å². The number of allylic oxidation sites excluding steroid dienone is 2. The minimum atomic E-state index is -0.165. The predicted octanol–water partition coefficient (Wildman–Crippen LogP) is 2.62. The van der Waals surface area contributed by atoms with Gasteiger partial charge in [-0.05, 0) is 23.8 Å². The summed E-state index contributed by atoms with van der Waals surface area (Å²) in [6.45, 7) is 0.457. The molecule has 0 radical (unpaired) electrons. The standard InChI is InChI=1S/C18H19N3O/c19-16(14-6-2-1-3-7-14)13-22-18-10-9-15(12-21-18)17-8-4-5-11-20-17/h1-12,16,18,21H,13,19H2. The maximum atomic E-state index is 6.13. The molecule has 3 rings (SSSR count). The van der Waals surface area contributed by atoms with Crippen molar-refractivity contribution in [2.45, 2.75) is 12.3 Å². The van der Waals surface area contributed by atoms with E-state index < -0.39 is 0 Å². The molecular formula is C18H19N3O. The van der Waals surface area contributed by atoms with Crippen molar-refractivity contribution in [2.24, 2.45) is 5.73 Å². The highest BCUT2D eigenvalue weighted by molar-refractivity contribution is 5.72. The molecule has 0 saturated heterocycles. The van der Waals surface area contributed by atoms with E-state index in [9.17, 15) is 0 Å². The Balaban J connectivity index is 1.52. The Morgan fingerprint density at radius 1 is 1.14 bits per heavy atom. The first-order valence-corrected chi connectivity index (χ1v) is 7.31. The van der Waals surface area contributed by atoms with Crippen LogP contribution in [0.3, 0.4) is 0 Å². The number of hydrogen-bond donors (Lipinski definition) is 2. The van der Waals surface area contributed by atoms with Crippen molar-refractivity contribution < 1.29 is 4.74 Å². The van der Waals surface area contributed by atoms with E-state index in [0.29, 0.717) is 6.61 Å². The molecule has 2 aromatic rings. The van der Waals surface area contributed by atoms with E-state index in [0.717, 1.165) is 16.8 Å². The number of aromatic nitrogens is 1. The molecule has 2 atom stereocenters. The molecular weight excluding hydrogens is 274 g/mol. The molecule has 1 aliphatic rings. The van der Waals surface area contributed by atoms with E-state index in [2.05, 4.69) is 10.3 Å². The largest absolute Gasteiger partial charge is 0.362 e. The summed E-state index contributed by atoms with van der Waals surface area (Å²) in [6.07, 6.45) is 7.52. The van der Waals surface area contributed by atoms with Gasteiger partial charge < -0.3 is 15.8 Å². The van der Waals surface area contributed by atoms with Crippen molar-refractivity contribution in [3.05, 3.63) is 84.3 Å². The van der Waals surface area contributed by atoms with Gasteiger partial charge in [-0.15, -0.1) is 0 Å². The zero-order chi connectivity index (χ0) is 15.2. The summed E-state index contributed by atoms with van der Waals surface area (Å²) in [7, 11) is 0. The SMILES string of the molecule is NC(COC1C=CC(c2ccccn2)=CN1)c1ccccc1. The highest BCUT2D eigenvalue weighted by Crippen LogP contribution is 2.17. The highest BCUT2D eigenvalue weighted by Gasteiger charge is 2.12. The van der Waals surface area contributed by atoms with Crippen molar-refractivity contribution >= 4 is 5.57 Å². The number of dihydropyridines is 1. The van der Waals surface area contributed by atoms with Crippen molar-refractivity contribution in [1.82, 2.24) is 10.3 Å². The van der Waals surface area contributed by atoms with Crippen LogP contribution < -0.4 is 11.1 Å². The lowest BCUT2D eigenvalue weighted by Crippen LogP contribution is -2.31. The smallest absolute Gasteiger partial charge is 0.147 e. The van der Waals surface area contributed by atoms with Crippen LogP contribution in [0.25, 0.3) is 5.57 Å². The van der Waals surface area contributed by atoms with Gasteiger partial charge in [0.2, 0.25) is 0 Å². The van der Waals surface area contributed by atoms with Crippen molar-refractivity contribution in [3.63, 3.8) is 0 Å². The molecule has 0 saturated carbocycles. The maximum absolute atomic E-state index is 6.13. The Hall–Kier alpha value is -2.43. The molecule has 4 nitrogen and oxygen atoms in total. The maximum Gasteiger partial charge on any atom is 0.147 e. The molecule has 0 bridgehead atoms. The highest BCUT2D eigenvalue weighted by atomic mass is 16.5. The molecule has 22 heavy (non-hydrogen) atoms. The second kappa shape index (κ2) is 7.02. The Morgan fingerprint density at radius 3 is 2.64 bits per heavy atom. The van der Waals surface area contributed by atoms with Gasteiger partial charge in [-0.2, -0.15) is 0 Å². The lowest BCUT2D eigenvalue weighted by atomic mass is 10.1. The van der Waals surface area contributed by atoms with Gasteiger partial charge in [-0.3, -0.25) is 4.98 Å². The van der Waals surface area contributed by atoms with E-state index in [1.165, 1.54) is 0 Å². The molecule has 0 fully saturated rings. The molecule has 1 aromatic carbocycles. The Bertz CT molecular complexity index is 653. The number of rotatable bonds is 5. The lowest BCUT2D eigenvalue weighted by Gasteiger charge is -2.21. The molecule has 112 valence electrons. The molecule has 2 heterocycles. The van der Waals surface area contributed by atoms with Crippen LogP contribution in [0.5, 0.6) is 0 Å². The Kier molecular flexibility index (Phi) is 4.63. The first kappa shape index (κ1) is 14.5. The van der Waals surface area contributed by atoms with Gasteiger partial charge in [0.25, 0.3) is 0 Å². The molecule has 0 aliphatic carbocycles. The number of nitrogens with zero attached hydrogens (tertiary/aromatic N) is 1. The molecule has 3 N–H and O–H groups in total. The molecule has 0 amide bonds.